The summed E-state index contributed by atoms with van der Waals surface area (Å²) in [4.78, 5) is 6.95. The summed E-state index contributed by atoms with van der Waals surface area (Å²) in [5.41, 5.74) is 8.04. The molecule has 1 fully saturated rings. The summed E-state index contributed by atoms with van der Waals surface area (Å²) in [6.07, 6.45) is 6.14. The summed E-state index contributed by atoms with van der Waals surface area (Å²) in [5, 5.41) is 8.64. The molecule has 0 aromatic carbocycles. The van der Waals surface area contributed by atoms with Gasteiger partial charge in [-0.2, -0.15) is 16.9 Å². The molecule has 1 aliphatic rings. The van der Waals surface area contributed by atoms with Crippen molar-refractivity contribution in [3.63, 3.8) is 0 Å². The van der Waals surface area contributed by atoms with Gasteiger partial charge < -0.3 is 10.6 Å². The first-order valence-corrected chi connectivity index (χ1v) is 8.63. The monoisotopic (exact) mass is 295 g/mol. The highest BCUT2D eigenvalue weighted by Crippen LogP contribution is 2.34. The minimum absolute atomic E-state index is 0.237. The Morgan fingerprint density at radius 3 is 2.30 bits per heavy atom. The third-order valence-electron chi connectivity index (χ3n) is 4.26. The highest BCUT2D eigenvalue weighted by atomic mass is 32.2. The minimum Gasteiger partial charge on any atom is -0.339 e. The van der Waals surface area contributed by atoms with Gasteiger partial charge in [-0.25, -0.2) is 4.98 Å². The predicted octanol–water partition coefficient (Wildman–Crippen LogP) is 1.66. The van der Waals surface area contributed by atoms with Gasteiger partial charge in [-0.3, -0.25) is 0 Å². The molecule has 2 heterocycles. The molecule has 6 heteroatoms. The van der Waals surface area contributed by atoms with E-state index in [0.29, 0.717) is 0 Å². The molecule has 0 atom stereocenters. The van der Waals surface area contributed by atoms with E-state index >= 15 is 0 Å². The van der Waals surface area contributed by atoms with Crippen LogP contribution in [-0.4, -0.2) is 45.8 Å². The van der Waals surface area contributed by atoms with E-state index in [4.69, 9.17) is 10.7 Å². The number of nitrogens with two attached hydrogens (primary N) is 1. The quantitative estimate of drug-likeness (QED) is 0.891. The van der Waals surface area contributed by atoms with Crippen molar-refractivity contribution in [2.45, 2.75) is 44.3 Å². The number of anilines is 1. The van der Waals surface area contributed by atoms with Gasteiger partial charge in [0.15, 0.2) is 0 Å². The minimum atomic E-state index is 0.237. The van der Waals surface area contributed by atoms with Gasteiger partial charge >= 0.3 is 0 Å². The number of hydrogen-bond donors (Lipinski definition) is 1. The average molecular weight is 295 g/mol. The predicted molar refractivity (Wildman–Crippen MR) is 85.3 cm³/mol. The molecule has 2 N–H and O–H groups in total. The molecule has 20 heavy (non-hydrogen) atoms. The summed E-state index contributed by atoms with van der Waals surface area (Å²) in [6, 6.07) is 0. The van der Waals surface area contributed by atoms with Crippen LogP contribution in [0.3, 0.4) is 0 Å². The first-order valence-electron chi connectivity index (χ1n) is 7.40. The molecule has 0 unspecified atom stereocenters. The van der Waals surface area contributed by atoms with Crippen molar-refractivity contribution < 1.29 is 0 Å². The third-order valence-corrected chi connectivity index (χ3v) is 5.70. The smallest absolute Gasteiger partial charge is 0.245 e. The summed E-state index contributed by atoms with van der Waals surface area (Å²) in [7, 11) is 0. The lowest BCUT2D eigenvalue weighted by atomic mass is 9.96. The average Bonchev–Trinajstić information content (AvgIpc) is 2.54. The molecule has 2 rings (SSSR count). The first-order chi connectivity index (χ1) is 9.68. The van der Waals surface area contributed by atoms with Gasteiger partial charge in [0.1, 0.15) is 0 Å². The molecule has 5 nitrogen and oxygen atoms in total. The van der Waals surface area contributed by atoms with Crippen LogP contribution >= 0.6 is 11.8 Å². The standard InChI is InChI=1S/C14H25N5S/c1-4-11-12(5-2)17-18-13(16-11)19-8-6-14(10-15,20-3)7-9-19/h4-10,15H2,1-3H3. The van der Waals surface area contributed by atoms with E-state index in [1.807, 2.05) is 11.8 Å². The normalized spacial score (nSPS) is 18.3. The zero-order valence-corrected chi connectivity index (χ0v) is 13.5. The van der Waals surface area contributed by atoms with Crippen LogP contribution in [0.2, 0.25) is 0 Å². The summed E-state index contributed by atoms with van der Waals surface area (Å²) >= 11 is 1.90. The van der Waals surface area contributed by atoms with Crippen molar-refractivity contribution >= 4 is 17.7 Å². The van der Waals surface area contributed by atoms with Crippen LogP contribution in [0.4, 0.5) is 5.95 Å². The van der Waals surface area contributed by atoms with Gasteiger partial charge in [0.05, 0.1) is 11.4 Å². The molecule has 0 aliphatic carbocycles. The second kappa shape index (κ2) is 6.72. The van der Waals surface area contributed by atoms with Gasteiger partial charge in [-0.15, -0.1) is 5.10 Å². The number of aromatic nitrogens is 3. The fourth-order valence-electron chi connectivity index (χ4n) is 2.67. The topological polar surface area (TPSA) is 67.9 Å². The zero-order chi connectivity index (χ0) is 14.6. The SMILES string of the molecule is CCc1nnc(N2CCC(CN)(SC)CC2)nc1CC. The molecule has 0 spiro atoms. The Hall–Kier alpha value is -0.880. The lowest BCUT2D eigenvalue weighted by molar-refractivity contribution is 0.451. The Morgan fingerprint density at radius 2 is 1.80 bits per heavy atom. The largest absolute Gasteiger partial charge is 0.339 e. The number of nitrogens with zero attached hydrogens (tertiary/aromatic N) is 4. The number of thioether (sulfide) groups is 1. The molecule has 0 amide bonds. The summed E-state index contributed by atoms with van der Waals surface area (Å²) in [6.45, 7) is 6.90. The number of rotatable bonds is 5. The molecule has 112 valence electrons. The molecule has 0 radical (unpaired) electrons. The fraction of sp³-hybridized carbons (Fsp3) is 0.786. The van der Waals surface area contributed by atoms with Crippen LogP contribution < -0.4 is 10.6 Å². The third kappa shape index (κ3) is 3.06. The molecular weight excluding hydrogens is 270 g/mol. The Balaban J connectivity index is 2.11. The van der Waals surface area contributed by atoms with Crippen LogP contribution in [0, 0.1) is 0 Å². The van der Waals surface area contributed by atoms with E-state index in [2.05, 4.69) is 35.2 Å². The number of hydrogen-bond acceptors (Lipinski definition) is 6. The second-order valence-corrected chi connectivity index (χ2v) is 6.56. The van der Waals surface area contributed by atoms with Gasteiger partial charge in [0, 0.05) is 24.4 Å². The molecule has 1 aromatic heterocycles. The van der Waals surface area contributed by atoms with E-state index in [0.717, 1.165) is 62.7 Å². The first kappa shape index (κ1) is 15.5. The van der Waals surface area contributed by atoms with E-state index in [-0.39, 0.29) is 4.75 Å². The van der Waals surface area contributed by atoms with Crippen molar-refractivity contribution in [2.75, 3.05) is 30.8 Å². The number of aryl methyl sites for hydroxylation is 2. The van der Waals surface area contributed by atoms with Gasteiger partial charge in [0.25, 0.3) is 0 Å². The van der Waals surface area contributed by atoms with Crippen molar-refractivity contribution in [1.82, 2.24) is 15.2 Å². The summed E-state index contributed by atoms with van der Waals surface area (Å²) in [5.74, 6) is 0.783. The maximum Gasteiger partial charge on any atom is 0.245 e. The molecule has 1 saturated heterocycles. The Bertz CT molecular complexity index is 437. The zero-order valence-electron chi connectivity index (χ0n) is 12.7. The van der Waals surface area contributed by atoms with E-state index in [1.54, 1.807) is 0 Å². The molecule has 1 aliphatic heterocycles. The molecule has 1 aromatic rings. The van der Waals surface area contributed by atoms with Crippen LogP contribution in [-0.2, 0) is 12.8 Å². The van der Waals surface area contributed by atoms with Crippen molar-refractivity contribution in [3.8, 4) is 0 Å². The van der Waals surface area contributed by atoms with Crippen LogP contribution in [0.5, 0.6) is 0 Å². The number of piperidine rings is 1. The second-order valence-electron chi connectivity index (χ2n) is 5.29. The van der Waals surface area contributed by atoms with Crippen LogP contribution in [0.15, 0.2) is 0 Å². The molecule has 0 saturated carbocycles. The highest BCUT2D eigenvalue weighted by molar-refractivity contribution is 8.00. The van der Waals surface area contributed by atoms with Gasteiger partial charge in [-0.1, -0.05) is 13.8 Å². The van der Waals surface area contributed by atoms with Crippen LogP contribution in [0.1, 0.15) is 38.1 Å². The van der Waals surface area contributed by atoms with Gasteiger partial charge in [0.2, 0.25) is 5.95 Å². The Morgan fingerprint density at radius 1 is 1.15 bits per heavy atom. The van der Waals surface area contributed by atoms with E-state index in [1.165, 1.54) is 0 Å². The summed E-state index contributed by atoms with van der Waals surface area (Å²) < 4.78 is 0.237. The maximum atomic E-state index is 5.93. The molecular formula is C14H25N5S. The Kier molecular flexibility index (Phi) is 5.21. The highest BCUT2D eigenvalue weighted by Gasteiger charge is 2.33. The van der Waals surface area contributed by atoms with E-state index < -0.39 is 0 Å². The van der Waals surface area contributed by atoms with Crippen molar-refractivity contribution in [2.24, 2.45) is 5.73 Å². The van der Waals surface area contributed by atoms with Gasteiger partial charge in [-0.05, 0) is 31.9 Å². The van der Waals surface area contributed by atoms with Crippen LogP contribution in [0.25, 0.3) is 0 Å². The maximum absolute atomic E-state index is 5.93. The fourth-order valence-corrected chi connectivity index (χ4v) is 3.43. The van der Waals surface area contributed by atoms with Crippen molar-refractivity contribution in [3.05, 3.63) is 11.4 Å². The van der Waals surface area contributed by atoms with E-state index in [9.17, 15) is 0 Å². The lowest BCUT2D eigenvalue weighted by Crippen LogP contribution is -2.47. The molecule has 0 bridgehead atoms. The Labute approximate surface area is 125 Å². The lowest BCUT2D eigenvalue weighted by Gasteiger charge is -2.39. The van der Waals surface area contributed by atoms with Crippen molar-refractivity contribution in [1.29, 1.82) is 0 Å².